The number of benzene rings is 1. The summed E-state index contributed by atoms with van der Waals surface area (Å²) in [5, 5.41) is 3.37. The largest absolute Gasteiger partial charge is 0.493 e. The number of ether oxygens (including phenoxy) is 3. The van der Waals surface area contributed by atoms with E-state index >= 15 is 0 Å². The summed E-state index contributed by atoms with van der Waals surface area (Å²) in [5.74, 6) is 2.31. The van der Waals surface area contributed by atoms with E-state index in [4.69, 9.17) is 14.2 Å². The Morgan fingerprint density at radius 2 is 1.71 bits per heavy atom. The van der Waals surface area contributed by atoms with Crippen molar-refractivity contribution in [2.45, 2.75) is 69.1 Å². The summed E-state index contributed by atoms with van der Waals surface area (Å²) < 4.78 is 17.0. The normalized spacial score (nSPS) is 26.5. The Bertz CT molecular complexity index is 690. The van der Waals surface area contributed by atoms with Gasteiger partial charge in [-0.25, -0.2) is 0 Å². The number of hydrogen-bond acceptors (Lipinski definition) is 5. The summed E-state index contributed by atoms with van der Waals surface area (Å²) in [6, 6.07) is 5.96. The molecule has 1 aromatic rings. The average molecular weight is 389 g/mol. The molecule has 1 aromatic carbocycles. The van der Waals surface area contributed by atoms with Crippen LogP contribution < -0.4 is 19.5 Å². The third kappa shape index (κ3) is 3.54. The zero-order valence-corrected chi connectivity index (χ0v) is 17.0. The highest BCUT2D eigenvalue weighted by molar-refractivity contribution is 5.87. The van der Waals surface area contributed by atoms with Crippen molar-refractivity contribution < 1.29 is 19.0 Å². The topological polar surface area (TPSA) is 60.0 Å². The van der Waals surface area contributed by atoms with E-state index in [1.807, 2.05) is 18.2 Å². The van der Waals surface area contributed by atoms with Crippen LogP contribution in [0.4, 0.5) is 0 Å². The smallest absolute Gasteiger partial charge is 0.240 e. The van der Waals surface area contributed by atoms with Gasteiger partial charge in [-0.3, -0.25) is 9.69 Å². The van der Waals surface area contributed by atoms with Crippen molar-refractivity contribution in [1.82, 2.24) is 10.2 Å². The van der Waals surface area contributed by atoms with Gasteiger partial charge in [-0.1, -0.05) is 6.07 Å². The first kappa shape index (κ1) is 19.4. The van der Waals surface area contributed by atoms with Crippen LogP contribution in [0.1, 0.15) is 51.4 Å². The number of fused-ring (bicyclic) bond motifs is 1. The maximum atomic E-state index is 13.0. The molecule has 0 unspecified atom stereocenters. The minimum Gasteiger partial charge on any atom is -0.493 e. The van der Waals surface area contributed by atoms with E-state index in [1.165, 1.54) is 0 Å². The lowest BCUT2D eigenvalue weighted by Crippen LogP contribution is -2.55. The molecule has 0 spiro atoms. The number of nitrogens with zero attached hydrogens (tertiary/aromatic N) is 1. The first-order valence-corrected chi connectivity index (χ1v) is 10.6. The second kappa shape index (κ2) is 8.19. The van der Waals surface area contributed by atoms with Crippen LogP contribution in [0.2, 0.25) is 0 Å². The van der Waals surface area contributed by atoms with Crippen molar-refractivity contribution >= 4 is 5.91 Å². The number of methoxy groups -OCH3 is 2. The molecule has 1 saturated carbocycles. The van der Waals surface area contributed by atoms with Crippen molar-refractivity contribution in [3.8, 4) is 17.2 Å². The molecule has 2 saturated heterocycles. The van der Waals surface area contributed by atoms with Crippen LogP contribution >= 0.6 is 0 Å². The highest BCUT2D eigenvalue weighted by atomic mass is 16.5. The average Bonchev–Trinajstić information content (AvgIpc) is 3.30. The minimum absolute atomic E-state index is 0.141. The predicted octanol–water partition coefficient (Wildman–Crippen LogP) is 3.14. The zero-order chi connectivity index (χ0) is 19.6. The summed E-state index contributed by atoms with van der Waals surface area (Å²) >= 11 is 0. The van der Waals surface area contributed by atoms with Gasteiger partial charge >= 0.3 is 0 Å². The van der Waals surface area contributed by atoms with E-state index in [-0.39, 0.29) is 23.6 Å². The highest BCUT2D eigenvalue weighted by Gasteiger charge is 2.50. The van der Waals surface area contributed by atoms with Crippen LogP contribution in [0.3, 0.4) is 0 Å². The van der Waals surface area contributed by atoms with Gasteiger partial charge in [0.05, 0.1) is 20.3 Å². The van der Waals surface area contributed by atoms with Crippen LogP contribution in [0.5, 0.6) is 17.2 Å². The monoisotopic (exact) mass is 388 g/mol. The number of amides is 1. The number of nitrogens with one attached hydrogen (secondary N) is 1. The first-order valence-electron chi connectivity index (χ1n) is 10.6. The molecule has 1 N–H and O–H groups in total. The van der Waals surface area contributed by atoms with Gasteiger partial charge in [0.25, 0.3) is 0 Å². The zero-order valence-electron chi connectivity index (χ0n) is 17.0. The fraction of sp³-hybridized carbons (Fsp3) is 0.682. The molecule has 154 valence electrons. The molecule has 3 aliphatic rings. The lowest BCUT2D eigenvalue weighted by molar-refractivity contribution is -0.131. The fourth-order valence-corrected chi connectivity index (χ4v) is 5.25. The highest BCUT2D eigenvalue weighted by Crippen LogP contribution is 2.40. The molecule has 2 aliphatic heterocycles. The number of hydrogen-bond donors (Lipinski definition) is 1. The Hall–Kier alpha value is -1.95. The molecule has 0 radical (unpaired) electrons. The Kier molecular flexibility index (Phi) is 5.67. The van der Waals surface area contributed by atoms with Crippen LogP contribution in [-0.4, -0.2) is 55.8 Å². The standard InChI is InChI=1S/C22H32N2O4/c1-26-18-6-3-7-19(20(18)27-2)28-17-10-8-16(9-11-17)23-21(25)22-12-4-14-24(22)15-5-13-22/h3,6-7,16-17H,4-5,8-15H2,1-2H3,(H,23,25). The first-order chi connectivity index (χ1) is 13.7. The summed E-state index contributed by atoms with van der Waals surface area (Å²) in [7, 11) is 3.26. The summed E-state index contributed by atoms with van der Waals surface area (Å²) in [4.78, 5) is 15.4. The second-order valence-electron chi connectivity index (χ2n) is 8.28. The number of para-hydroxylation sites is 1. The molecule has 6 nitrogen and oxygen atoms in total. The Morgan fingerprint density at radius 1 is 1.04 bits per heavy atom. The van der Waals surface area contributed by atoms with E-state index in [0.29, 0.717) is 11.5 Å². The molecule has 3 fully saturated rings. The molecule has 1 amide bonds. The molecule has 0 aromatic heterocycles. The van der Waals surface area contributed by atoms with Crippen molar-refractivity contribution in [1.29, 1.82) is 0 Å². The van der Waals surface area contributed by atoms with Gasteiger partial charge in [0.15, 0.2) is 11.5 Å². The van der Waals surface area contributed by atoms with Gasteiger partial charge in [0, 0.05) is 6.04 Å². The Morgan fingerprint density at radius 3 is 2.36 bits per heavy atom. The lowest BCUT2D eigenvalue weighted by Gasteiger charge is -2.35. The van der Waals surface area contributed by atoms with Crippen LogP contribution in [0.15, 0.2) is 18.2 Å². The Balaban J connectivity index is 1.31. The third-order valence-corrected chi connectivity index (χ3v) is 6.73. The van der Waals surface area contributed by atoms with Gasteiger partial charge < -0.3 is 19.5 Å². The van der Waals surface area contributed by atoms with Crippen LogP contribution in [0, 0.1) is 0 Å². The lowest BCUT2D eigenvalue weighted by atomic mass is 9.89. The minimum atomic E-state index is -0.207. The van der Waals surface area contributed by atoms with E-state index in [1.54, 1.807) is 14.2 Å². The fourth-order valence-electron chi connectivity index (χ4n) is 5.25. The number of carbonyl (C=O) groups is 1. The summed E-state index contributed by atoms with van der Waals surface area (Å²) in [6.07, 6.45) is 8.26. The molecule has 0 bridgehead atoms. The number of carbonyl (C=O) groups excluding carboxylic acids is 1. The van der Waals surface area contributed by atoms with Crippen molar-refractivity contribution in [3.05, 3.63) is 18.2 Å². The van der Waals surface area contributed by atoms with Gasteiger partial charge in [0.2, 0.25) is 11.7 Å². The molecular formula is C22H32N2O4. The molecule has 1 aliphatic carbocycles. The van der Waals surface area contributed by atoms with E-state index in [2.05, 4.69) is 10.2 Å². The van der Waals surface area contributed by atoms with Crippen molar-refractivity contribution in [3.63, 3.8) is 0 Å². The van der Waals surface area contributed by atoms with Crippen LogP contribution in [-0.2, 0) is 4.79 Å². The molecule has 4 rings (SSSR count). The molecule has 28 heavy (non-hydrogen) atoms. The molecule has 6 heteroatoms. The van der Waals surface area contributed by atoms with Crippen molar-refractivity contribution in [2.24, 2.45) is 0 Å². The van der Waals surface area contributed by atoms with Gasteiger partial charge in [0.1, 0.15) is 5.54 Å². The predicted molar refractivity (Wildman–Crippen MR) is 107 cm³/mol. The molecular weight excluding hydrogens is 356 g/mol. The maximum Gasteiger partial charge on any atom is 0.240 e. The quantitative estimate of drug-likeness (QED) is 0.811. The SMILES string of the molecule is COc1cccc(OC2CCC(NC(=O)C34CCCN3CCC4)CC2)c1OC. The van der Waals surface area contributed by atoms with E-state index in [9.17, 15) is 4.79 Å². The van der Waals surface area contributed by atoms with Gasteiger partial charge in [-0.05, 0) is 76.6 Å². The number of rotatable bonds is 6. The summed E-state index contributed by atoms with van der Waals surface area (Å²) in [6.45, 7) is 2.16. The molecule has 0 atom stereocenters. The Labute approximate surface area is 167 Å². The van der Waals surface area contributed by atoms with Crippen molar-refractivity contribution in [2.75, 3.05) is 27.3 Å². The summed E-state index contributed by atoms with van der Waals surface area (Å²) in [5.41, 5.74) is -0.207. The van der Waals surface area contributed by atoms with E-state index in [0.717, 1.165) is 70.2 Å². The van der Waals surface area contributed by atoms with Crippen LogP contribution in [0.25, 0.3) is 0 Å². The van der Waals surface area contributed by atoms with E-state index < -0.39 is 0 Å². The molecule has 2 heterocycles. The van der Waals surface area contributed by atoms with Gasteiger partial charge in [-0.2, -0.15) is 0 Å². The second-order valence-corrected chi connectivity index (χ2v) is 8.28. The third-order valence-electron chi connectivity index (χ3n) is 6.73. The maximum absolute atomic E-state index is 13.0. The van der Waals surface area contributed by atoms with Gasteiger partial charge in [-0.15, -0.1) is 0 Å².